The zero-order chi connectivity index (χ0) is 24.8. The van der Waals surface area contributed by atoms with Crippen LogP contribution in [0.15, 0.2) is 133 Å². The Morgan fingerprint density at radius 3 is 1.24 bits per heavy atom. The van der Waals surface area contributed by atoms with E-state index in [1.165, 1.54) is 54.9 Å². The average Bonchev–Trinajstić information content (AvgIpc) is 3.49. The Bertz CT molecular complexity index is 1780. The summed E-state index contributed by atoms with van der Waals surface area (Å²) in [7, 11) is 0. The average molecular weight is 483 g/mol. The van der Waals surface area contributed by atoms with Crippen LogP contribution >= 0.6 is 0 Å². The first-order chi connectivity index (χ1) is 18.9. The van der Waals surface area contributed by atoms with Crippen LogP contribution in [0.1, 0.15) is 57.1 Å². The van der Waals surface area contributed by atoms with E-state index in [-0.39, 0.29) is 0 Å². The third-order valence-electron chi connectivity index (χ3n) is 9.51. The number of allylic oxidation sites excluding steroid dienone is 2. The second kappa shape index (κ2) is 7.55. The van der Waals surface area contributed by atoms with Crippen molar-refractivity contribution in [2.45, 2.75) is 23.7 Å². The molecule has 0 bridgehead atoms. The molecule has 0 fully saturated rings. The topological polar surface area (TPSA) is 0 Å². The summed E-state index contributed by atoms with van der Waals surface area (Å²) in [5.41, 5.74) is 11.9. The first-order valence-corrected chi connectivity index (χ1v) is 13.8. The molecule has 0 heteroatoms. The van der Waals surface area contributed by atoms with Crippen molar-refractivity contribution in [3.8, 4) is 0 Å². The molecule has 0 spiro atoms. The van der Waals surface area contributed by atoms with Gasteiger partial charge in [-0.25, -0.2) is 0 Å². The van der Waals surface area contributed by atoms with Crippen LogP contribution in [0.4, 0.5) is 0 Å². The molecule has 6 aromatic rings. The second-order valence-corrected chi connectivity index (χ2v) is 11.2. The molecule has 178 valence electrons. The standard InChI is InChI=1S/C38H26/c1-3-11-25(12-4-1)33-35-27-19-7-15-23-17-9-21-29(31(23)27)37(35)34(26-13-5-2-6-14-26)38-30-22-10-18-24-16-8-20-28(32(24)30)36(33)38/h1-22,33-35,37H. The van der Waals surface area contributed by atoms with Gasteiger partial charge < -0.3 is 0 Å². The second-order valence-electron chi connectivity index (χ2n) is 11.2. The minimum absolute atomic E-state index is 0.298. The van der Waals surface area contributed by atoms with Crippen molar-refractivity contribution < 1.29 is 0 Å². The van der Waals surface area contributed by atoms with Crippen molar-refractivity contribution in [2.75, 3.05) is 0 Å². The van der Waals surface area contributed by atoms with E-state index < -0.39 is 0 Å². The van der Waals surface area contributed by atoms with Crippen LogP contribution in [0.5, 0.6) is 0 Å². The zero-order valence-corrected chi connectivity index (χ0v) is 21.0. The molecule has 9 rings (SSSR count). The Hall–Kier alpha value is -4.42. The van der Waals surface area contributed by atoms with E-state index in [4.69, 9.17) is 0 Å². The van der Waals surface area contributed by atoms with Gasteiger partial charge in [0.2, 0.25) is 0 Å². The van der Waals surface area contributed by atoms with E-state index in [1.807, 2.05) is 0 Å². The maximum absolute atomic E-state index is 2.42. The van der Waals surface area contributed by atoms with Crippen LogP contribution in [0.2, 0.25) is 0 Å². The summed E-state index contributed by atoms with van der Waals surface area (Å²) in [4.78, 5) is 0. The third-order valence-corrected chi connectivity index (χ3v) is 9.51. The van der Waals surface area contributed by atoms with Crippen molar-refractivity contribution in [2.24, 2.45) is 0 Å². The van der Waals surface area contributed by atoms with Gasteiger partial charge in [-0.05, 0) is 66.1 Å². The molecule has 3 aliphatic rings. The molecule has 0 radical (unpaired) electrons. The minimum Gasteiger partial charge on any atom is -0.0622 e. The Kier molecular flexibility index (Phi) is 4.10. The quantitative estimate of drug-likeness (QED) is 0.230. The lowest BCUT2D eigenvalue weighted by atomic mass is 9.59. The highest BCUT2D eigenvalue weighted by Crippen LogP contribution is 2.70. The van der Waals surface area contributed by atoms with Crippen LogP contribution < -0.4 is 0 Å². The smallest absolute Gasteiger partial charge is 0.0174 e. The van der Waals surface area contributed by atoms with E-state index in [1.54, 1.807) is 11.1 Å². The fraction of sp³-hybridized carbons (Fsp3) is 0.105. The molecule has 0 saturated heterocycles. The van der Waals surface area contributed by atoms with Crippen LogP contribution in [0, 0.1) is 0 Å². The molecule has 0 aliphatic heterocycles. The van der Waals surface area contributed by atoms with E-state index in [0.717, 1.165) is 0 Å². The SMILES string of the molecule is c1ccc(C2C3=C(c4cccc5cccc3c45)C(c3ccccc3)C3c4cccc5cccc(c45)C23)cc1. The van der Waals surface area contributed by atoms with Gasteiger partial charge in [0.05, 0.1) is 0 Å². The lowest BCUT2D eigenvalue weighted by Crippen LogP contribution is -2.27. The molecular formula is C38H26. The van der Waals surface area contributed by atoms with Gasteiger partial charge >= 0.3 is 0 Å². The van der Waals surface area contributed by atoms with Gasteiger partial charge in [-0.3, -0.25) is 0 Å². The fourth-order valence-electron chi connectivity index (χ4n) is 8.29. The lowest BCUT2D eigenvalue weighted by molar-refractivity contribution is 0.479. The van der Waals surface area contributed by atoms with Crippen LogP contribution in [-0.2, 0) is 0 Å². The molecule has 6 aromatic carbocycles. The Labute approximate surface area is 222 Å². The normalized spacial score (nSPS) is 22.6. The first-order valence-electron chi connectivity index (χ1n) is 13.8. The predicted octanol–water partition coefficient (Wildman–Crippen LogP) is 9.68. The van der Waals surface area contributed by atoms with Crippen molar-refractivity contribution in [3.05, 3.63) is 167 Å². The molecule has 0 amide bonds. The summed E-state index contributed by atoms with van der Waals surface area (Å²) in [5, 5.41) is 5.64. The Morgan fingerprint density at radius 1 is 0.342 bits per heavy atom. The molecule has 0 N–H and O–H groups in total. The monoisotopic (exact) mass is 482 g/mol. The number of fused-ring (bicyclic) bond motifs is 5. The van der Waals surface area contributed by atoms with Crippen molar-refractivity contribution in [1.29, 1.82) is 0 Å². The van der Waals surface area contributed by atoms with E-state index in [2.05, 4.69) is 133 Å². The Balaban J connectivity index is 1.46. The zero-order valence-electron chi connectivity index (χ0n) is 21.0. The van der Waals surface area contributed by atoms with E-state index >= 15 is 0 Å². The van der Waals surface area contributed by atoms with E-state index in [9.17, 15) is 0 Å². The molecule has 0 aromatic heterocycles. The number of hydrogen-bond donors (Lipinski definition) is 0. The summed E-state index contributed by atoms with van der Waals surface area (Å²) in [6, 6.07) is 50.5. The molecule has 0 saturated carbocycles. The molecule has 4 unspecified atom stereocenters. The molecule has 3 aliphatic carbocycles. The van der Waals surface area contributed by atoms with E-state index in [0.29, 0.717) is 23.7 Å². The Morgan fingerprint density at radius 2 is 0.763 bits per heavy atom. The number of hydrogen-bond acceptors (Lipinski definition) is 0. The van der Waals surface area contributed by atoms with Gasteiger partial charge in [0.15, 0.2) is 0 Å². The summed E-state index contributed by atoms with van der Waals surface area (Å²) in [6.45, 7) is 0. The molecule has 38 heavy (non-hydrogen) atoms. The van der Waals surface area contributed by atoms with Gasteiger partial charge in [-0.1, -0.05) is 133 Å². The molecule has 0 nitrogen and oxygen atoms in total. The summed E-state index contributed by atoms with van der Waals surface area (Å²) in [6.07, 6.45) is 0. The molecule has 4 atom stereocenters. The highest BCUT2D eigenvalue weighted by molar-refractivity contribution is 6.17. The van der Waals surface area contributed by atoms with Gasteiger partial charge in [0, 0.05) is 23.7 Å². The van der Waals surface area contributed by atoms with Crippen molar-refractivity contribution in [1.82, 2.24) is 0 Å². The third kappa shape index (κ3) is 2.55. The van der Waals surface area contributed by atoms with Crippen LogP contribution in [-0.4, -0.2) is 0 Å². The molecular weight excluding hydrogens is 456 g/mol. The summed E-state index contributed by atoms with van der Waals surface area (Å²) in [5.74, 6) is 1.36. The molecule has 0 heterocycles. The first kappa shape index (κ1) is 20.6. The van der Waals surface area contributed by atoms with Crippen LogP contribution in [0.3, 0.4) is 0 Å². The maximum Gasteiger partial charge on any atom is 0.0174 e. The van der Waals surface area contributed by atoms with Crippen LogP contribution in [0.25, 0.3) is 32.7 Å². The van der Waals surface area contributed by atoms with Gasteiger partial charge in [0.25, 0.3) is 0 Å². The summed E-state index contributed by atoms with van der Waals surface area (Å²) >= 11 is 0. The van der Waals surface area contributed by atoms with Gasteiger partial charge in [-0.2, -0.15) is 0 Å². The lowest BCUT2D eigenvalue weighted by Gasteiger charge is -2.43. The highest BCUT2D eigenvalue weighted by Gasteiger charge is 2.52. The largest absolute Gasteiger partial charge is 0.0622 e. The number of rotatable bonds is 2. The van der Waals surface area contributed by atoms with Gasteiger partial charge in [-0.15, -0.1) is 0 Å². The fourth-order valence-corrected chi connectivity index (χ4v) is 8.29. The minimum atomic E-state index is 0.298. The van der Waals surface area contributed by atoms with Gasteiger partial charge in [0.1, 0.15) is 0 Å². The number of benzene rings is 6. The summed E-state index contributed by atoms with van der Waals surface area (Å²) < 4.78 is 0. The highest BCUT2D eigenvalue weighted by atomic mass is 14.5. The maximum atomic E-state index is 2.42. The van der Waals surface area contributed by atoms with Crippen molar-refractivity contribution >= 4 is 32.7 Å². The van der Waals surface area contributed by atoms with Crippen molar-refractivity contribution in [3.63, 3.8) is 0 Å². The predicted molar refractivity (Wildman–Crippen MR) is 159 cm³/mol.